The van der Waals surface area contributed by atoms with Crippen LogP contribution in [0.3, 0.4) is 0 Å². The summed E-state index contributed by atoms with van der Waals surface area (Å²) < 4.78 is 0. The number of allylic oxidation sites excluding steroid dienone is 1. The molecule has 2 rings (SSSR count). The maximum Gasteiger partial charge on any atom is 0.326 e. The second-order valence-electron chi connectivity index (χ2n) is 9.41. The van der Waals surface area contributed by atoms with E-state index >= 15 is 0 Å². The highest BCUT2D eigenvalue weighted by molar-refractivity contribution is 7.98. The molecule has 0 radical (unpaired) electrons. The van der Waals surface area contributed by atoms with E-state index in [1.807, 2.05) is 74.1 Å². The molecule has 0 aliphatic carbocycles. The van der Waals surface area contributed by atoms with Crippen molar-refractivity contribution in [3.05, 3.63) is 77.4 Å². The zero-order chi connectivity index (χ0) is 34.6. The fraction of sp³-hybridized carbons (Fsp3) is 0.424. The zero-order valence-electron chi connectivity index (χ0n) is 27.2. The van der Waals surface area contributed by atoms with Gasteiger partial charge in [0.2, 0.25) is 11.8 Å². The molecule has 1 unspecified atom stereocenters. The molecule has 0 heterocycles. The van der Waals surface area contributed by atoms with Gasteiger partial charge in [-0.3, -0.25) is 14.4 Å². The van der Waals surface area contributed by atoms with Crippen LogP contribution in [0.2, 0.25) is 0 Å². The van der Waals surface area contributed by atoms with E-state index in [4.69, 9.17) is 9.90 Å². The number of rotatable bonds is 14. The van der Waals surface area contributed by atoms with Gasteiger partial charge in [-0.1, -0.05) is 80.1 Å². The summed E-state index contributed by atoms with van der Waals surface area (Å²) >= 11 is 1.86. The summed E-state index contributed by atoms with van der Waals surface area (Å²) in [5, 5.41) is 25.6. The molecular weight excluding hydrogens is 596 g/mol. The van der Waals surface area contributed by atoms with Crippen LogP contribution in [0.25, 0.3) is 5.57 Å². The molecule has 250 valence electrons. The second kappa shape index (κ2) is 27.5. The van der Waals surface area contributed by atoms with Crippen LogP contribution in [-0.4, -0.2) is 84.5 Å². The van der Waals surface area contributed by atoms with Gasteiger partial charge in [0.1, 0.15) is 12.3 Å². The third-order valence-electron chi connectivity index (χ3n) is 5.79. The van der Waals surface area contributed by atoms with Crippen molar-refractivity contribution >= 4 is 47.4 Å². The SMILES string of the molecule is CC/C=C(/CC(NC(=O)CNC(=O)[C@H](CC(=O)O)NC)C(=O)O)c1ccccc1C.CCSC.Cc1ccccc1.NCC=O. The van der Waals surface area contributed by atoms with Gasteiger partial charge in [-0.2, -0.15) is 11.8 Å². The Hall–Kier alpha value is -4.00. The molecule has 45 heavy (non-hydrogen) atoms. The molecular formula is C33H50N4O7S. The van der Waals surface area contributed by atoms with E-state index in [9.17, 15) is 24.3 Å². The van der Waals surface area contributed by atoms with E-state index < -0.39 is 48.8 Å². The first-order chi connectivity index (χ1) is 21.4. The average molecular weight is 647 g/mol. The molecule has 0 aliphatic heterocycles. The summed E-state index contributed by atoms with van der Waals surface area (Å²) in [5.41, 5.74) is 8.70. The predicted octanol–water partition coefficient (Wildman–Crippen LogP) is 3.44. The van der Waals surface area contributed by atoms with E-state index in [0.29, 0.717) is 12.7 Å². The number of aldehydes is 1. The van der Waals surface area contributed by atoms with Gasteiger partial charge in [-0.25, -0.2) is 4.79 Å². The number of nitrogens with one attached hydrogen (secondary N) is 3. The molecule has 0 saturated carbocycles. The van der Waals surface area contributed by atoms with Crippen molar-refractivity contribution in [1.82, 2.24) is 16.0 Å². The number of carbonyl (C=O) groups excluding carboxylic acids is 3. The topological polar surface area (TPSA) is 188 Å². The predicted molar refractivity (Wildman–Crippen MR) is 182 cm³/mol. The number of nitrogens with two attached hydrogens (primary N) is 1. The Kier molecular flexibility index (Phi) is 26.4. The first-order valence-electron chi connectivity index (χ1n) is 14.5. The summed E-state index contributed by atoms with van der Waals surface area (Å²) in [6, 6.07) is 15.7. The van der Waals surface area contributed by atoms with Gasteiger partial charge >= 0.3 is 11.9 Å². The van der Waals surface area contributed by atoms with E-state index in [-0.39, 0.29) is 13.0 Å². The number of carboxylic acids is 2. The number of carboxylic acid groups (broad SMARTS) is 2. The van der Waals surface area contributed by atoms with Gasteiger partial charge in [0, 0.05) is 13.0 Å². The summed E-state index contributed by atoms with van der Waals surface area (Å²) in [7, 11) is 1.43. The van der Waals surface area contributed by atoms with Gasteiger partial charge in [-0.15, -0.1) is 0 Å². The molecule has 0 saturated heterocycles. The van der Waals surface area contributed by atoms with Gasteiger partial charge in [0.15, 0.2) is 0 Å². The number of benzene rings is 2. The van der Waals surface area contributed by atoms with Crippen LogP contribution in [0.5, 0.6) is 0 Å². The number of thioether (sulfide) groups is 1. The minimum Gasteiger partial charge on any atom is -0.481 e. The minimum atomic E-state index is -1.19. The van der Waals surface area contributed by atoms with Gasteiger partial charge < -0.3 is 36.7 Å². The van der Waals surface area contributed by atoms with Crippen LogP contribution in [0.4, 0.5) is 0 Å². The molecule has 2 aromatic carbocycles. The minimum absolute atomic E-state index is 0.0892. The highest BCUT2D eigenvalue weighted by atomic mass is 32.2. The molecule has 2 amide bonds. The standard InChI is InChI=1S/C21H29N3O6.C7H8.C3H8S.C2H5NO/c1-4-7-14(15-9-6-5-8-13(15)2)10-17(21(29)30)24-18(25)12-23-20(28)16(22-3)11-19(26)27;1-7-5-3-2-4-6-7;1-3-4-2;3-1-2-4/h5-9,16-17,22H,4,10-12H2,1-3H3,(H,23,28)(H,24,25)(H,26,27)(H,29,30);2-6H,1H3;3H2,1-2H3;2H,1,3H2/b14-7-;;;/t16-,17?;;;/m0.../s1. The Morgan fingerprint density at radius 1 is 0.933 bits per heavy atom. The quantitative estimate of drug-likeness (QED) is 0.166. The van der Waals surface area contributed by atoms with Gasteiger partial charge in [-0.05, 0) is 56.0 Å². The maximum atomic E-state index is 12.2. The third kappa shape index (κ3) is 22.2. The summed E-state index contributed by atoms with van der Waals surface area (Å²) in [6.45, 7) is 7.78. The Balaban J connectivity index is 0. The van der Waals surface area contributed by atoms with E-state index in [2.05, 4.69) is 53.9 Å². The van der Waals surface area contributed by atoms with Crippen molar-refractivity contribution in [2.24, 2.45) is 5.73 Å². The molecule has 0 aliphatic rings. The fourth-order valence-electron chi connectivity index (χ4n) is 3.47. The van der Waals surface area contributed by atoms with Crippen molar-refractivity contribution in [3.63, 3.8) is 0 Å². The number of carbonyl (C=O) groups is 5. The normalized spacial score (nSPS) is 11.4. The summed E-state index contributed by atoms with van der Waals surface area (Å²) in [4.78, 5) is 55.7. The van der Waals surface area contributed by atoms with Crippen molar-refractivity contribution in [2.45, 2.75) is 59.0 Å². The van der Waals surface area contributed by atoms with Gasteiger partial charge in [0.25, 0.3) is 0 Å². The van der Waals surface area contributed by atoms with Crippen LogP contribution in [-0.2, 0) is 24.0 Å². The second-order valence-corrected chi connectivity index (χ2v) is 10.6. The number of amides is 2. The van der Waals surface area contributed by atoms with Crippen LogP contribution in [0.1, 0.15) is 49.8 Å². The van der Waals surface area contributed by atoms with Crippen LogP contribution >= 0.6 is 11.8 Å². The molecule has 0 aromatic heterocycles. The fourth-order valence-corrected chi connectivity index (χ4v) is 3.47. The van der Waals surface area contributed by atoms with E-state index in [0.717, 1.165) is 16.7 Å². The molecule has 0 fully saturated rings. The number of hydrogen-bond donors (Lipinski definition) is 6. The molecule has 12 heteroatoms. The first kappa shape index (κ1) is 43.1. The van der Waals surface area contributed by atoms with E-state index in [1.165, 1.54) is 18.4 Å². The van der Waals surface area contributed by atoms with E-state index in [1.54, 1.807) is 0 Å². The summed E-state index contributed by atoms with van der Waals surface area (Å²) in [6.07, 6.45) is 5.03. The molecule has 0 bridgehead atoms. The average Bonchev–Trinajstić information content (AvgIpc) is 3.02. The number of hydrogen-bond acceptors (Lipinski definition) is 8. The third-order valence-corrected chi connectivity index (χ3v) is 6.37. The molecule has 0 spiro atoms. The number of likely N-dealkylation sites (N-methyl/N-ethyl adjacent to an activating group) is 1. The molecule has 2 atom stereocenters. The number of aliphatic carboxylic acids is 2. The first-order valence-corrected chi connectivity index (χ1v) is 15.9. The molecule has 11 nitrogen and oxygen atoms in total. The van der Waals surface area contributed by atoms with Gasteiger partial charge in [0.05, 0.1) is 19.0 Å². The van der Waals surface area contributed by atoms with Crippen LogP contribution in [0.15, 0.2) is 60.7 Å². The summed E-state index contributed by atoms with van der Waals surface area (Å²) in [5.74, 6) is -2.45. The molecule has 2 aromatic rings. The maximum absolute atomic E-state index is 12.2. The lowest BCUT2D eigenvalue weighted by molar-refractivity contribution is -0.142. The van der Waals surface area contributed by atoms with Crippen molar-refractivity contribution in [1.29, 1.82) is 0 Å². The monoisotopic (exact) mass is 646 g/mol. The highest BCUT2D eigenvalue weighted by Gasteiger charge is 2.24. The van der Waals surface area contributed by atoms with Crippen LogP contribution in [0, 0.1) is 13.8 Å². The Bertz CT molecular complexity index is 1170. The highest BCUT2D eigenvalue weighted by Crippen LogP contribution is 2.24. The zero-order valence-corrected chi connectivity index (χ0v) is 28.0. The van der Waals surface area contributed by atoms with Crippen molar-refractivity contribution in [3.8, 4) is 0 Å². The lowest BCUT2D eigenvalue weighted by Gasteiger charge is -2.19. The smallest absolute Gasteiger partial charge is 0.326 e. The molecule has 7 N–H and O–H groups in total. The lowest BCUT2D eigenvalue weighted by atomic mass is 9.94. The Labute approximate surface area is 271 Å². The van der Waals surface area contributed by atoms with Crippen molar-refractivity contribution < 1.29 is 34.2 Å². The van der Waals surface area contributed by atoms with Crippen LogP contribution < -0.4 is 21.7 Å². The lowest BCUT2D eigenvalue weighted by Crippen LogP contribution is -2.49. The Morgan fingerprint density at radius 2 is 1.49 bits per heavy atom. The number of aryl methyl sites for hydroxylation is 2. The van der Waals surface area contributed by atoms with Crippen molar-refractivity contribution in [2.75, 3.05) is 32.1 Å². The largest absolute Gasteiger partial charge is 0.481 e. The Morgan fingerprint density at radius 3 is 1.89 bits per heavy atom.